The van der Waals surface area contributed by atoms with Crippen LogP contribution >= 0.6 is 0 Å². The number of hydrogen-bond acceptors (Lipinski definition) is 2. The van der Waals surface area contributed by atoms with Gasteiger partial charge in [0.15, 0.2) is 0 Å². The first-order valence-electron chi connectivity index (χ1n) is 7.19. The van der Waals surface area contributed by atoms with Gasteiger partial charge in [-0.25, -0.2) is 0 Å². The fourth-order valence-corrected chi connectivity index (χ4v) is 3.40. The summed E-state index contributed by atoms with van der Waals surface area (Å²) in [6.45, 7) is 17.9. The molecule has 2 nitrogen and oxygen atoms in total. The fourth-order valence-electron chi connectivity index (χ4n) is 1.84. The Morgan fingerprint density at radius 2 is 1.89 bits per heavy atom. The van der Waals surface area contributed by atoms with E-state index < -0.39 is 13.9 Å². The second-order valence-corrected chi connectivity index (χ2v) is 12.8. The zero-order valence-electron chi connectivity index (χ0n) is 13.9. The van der Waals surface area contributed by atoms with Crippen molar-refractivity contribution < 1.29 is 9.47 Å². The maximum atomic E-state index is 6.19. The van der Waals surface area contributed by atoms with Crippen molar-refractivity contribution in [2.75, 3.05) is 0 Å². The van der Waals surface area contributed by atoms with Crippen LogP contribution in [0.1, 0.15) is 54.4 Å². The summed E-state index contributed by atoms with van der Waals surface area (Å²) >= 11 is 0. The van der Waals surface area contributed by atoms with E-state index >= 15 is 0 Å². The summed E-state index contributed by atoms with van der Waals surface area (Å²) in [6.07, 6.45) is 6.01. The van der Waals surface area contributed by atoms with Gasteiger partial charge in [0, 0.05) is 13.3 Å². The SMILES string of the molecule is CC(C)=CCC[C@@]1(C)OC=C([Si](C)(C)C(C)(C)C)O1. The highest BCUT2D eigenvalue weighted by molar-refractivity contribution is 6.86. The van der Waals surface area contributed by atoms with Gasteiger partial charge in [0.2, 0.25) is 5.79 Å². The minimum Gasteiger partial charge on any atom is -0.459 e. The van der Waals surface area contributed by atoms with Crippen LogP contribution in [0.5, 0.6) is 0 Å². The molecule has 19 heavy (non-hydrogen) atoms. The van der Waals surface area contributed by atoms with E-state index in [-0.39, 0.29) is 5.04 Å². The third-order valence-corrected chi connectivity index (χ3v) is 9.59. The molecule has 0 aromatic rings. The largest absolute Gasteiger partial charge is 0.459 e. The van der Waals surface area contributed by atoms with Crippen molar-refractivity contribution >= 4 is 8.07 Å². The molecule has 0 aromatic carbocycles. The van der Waals surface area contributed by atoms with Crippen LogP contribution in [0.4, 0.5) is 0 Å². The van der Waals surface area contributed by atoms with Crippen molar-refractivity contribution in [1.82, 2.24) is 0 Å². The third-order valence-electron chi connectivity index (χ3n) is 4.38. The molecule has 0 amide bonds. The zero-order chi connectivity index (χ0) is 14.9. The van der Waals surface area contributed by atoms with Gasteiger partial charge >= 0.3 is 0 Å². The Morgan fingerprint density at radius 3 is 2.37 bits per heavy atom. The van der Waals surface area contributed by atoms with E-state index in [0.717, 1.165) is 18.2 Å². The summed E-state index contributed by atoms with van der Waals surface area (Å²) in [5.41, 5.74) is 1.35. The van der Waals surface area contributed by atoms with Gasteiger partial charge in [-0.2, -0.15) is 0 Å². The molecule has 1 atom stereocenters. The van der Waals surface area contributed by atoms with Crippen LogP contribution < -0.4 is 0 Å². The van der Waals surface area contributed by atoms with Gasteiger partial charge in [-0.15, -0.1) is 0 Å². The summed E-state index contributed by atoms with van der Waals surface area (Å²) in [5, 5.41) is 1.37. The minimum atomic E-state index is -1.62. The van der Waals surface area contributed by atoms with Crippen molar-refractivity contribution in [3.8, 4) is 0 Å². The number of ether oxygens (including phenoxy) is 2. The Bertz CT molecular complexity index is 384. The second kappa shape index (κ2) is 5.35. The van der Waals surface area contributed by atoms with Gasteiger partial charge in [-0.05, 0) is 25.3 Å². The maximum Gasteiger partial charge on any atom is 0.247 e. The van der Waals surface area contributed by atoms with Gasteiger partial charge < -0.3 is 9.47 Å². The first-order chi connectivity index (χ1) is 8.48. The lowest BCUT2D eigenvalue weighted by molar-refractivity contribution is -0.133. The summed E-state index contributed by atoms with van der Waals surface area (Å²) in [7, 11) is -1.62. The Labute approximate surface area is 119 Å². The molecule has 0 fully saturated rings. The van der Waals surface area contributed by atoms with Gasteiger partial charge in [0.1, 0.15) is 19.7 Å². The number of rotatable bonds is 4. The molecule has 0 aromatic heterocycles. The monoisotopic (exact) mass is 282 g/mol. The van der Waals surface area contributed by atoms with Crippen molar-refractivity contribution in [1.29, 1.82) is 0 Å². The van der Waals surface area contributed by atoms with Crippen LogP contribution in [-0.2, 0) is 9.47 Å². The summed E-state index contributed by atoms with van der Waals surface area (Å²) < 4.78 is 12.0. The van der Waals surface area contributed by atoms with Crippen molar-refractivity contribution in [3.63, 3.8) is 0 Å². The molecular weight excluding hydrogens is 252 g/mol. The predicted molar refractivity (Wildman–Crippen MR) is 84.5 cm³/mol. The summed E-state index contributed by atoms with van der Waals surface area (Å²) in [6, 6.07) is 0. The lowest BCUT2D eigenvalue weighted by Crippen LogP contribution is -2.41. The number of hydrogen-bond donors (Lipinski definition) is 0. The van der Waals surface area contributed by atoms with E-state index in [9.17, 15) is 0 Å². The Balaban J connectivity index is 2.69. The highest BCUT2D eigenvalue weighted by Crippen LogP contribution is 2.45. The molecule has 0 saturated carbocycles. The second-order valence-electron chi connectivity index (χ2n) is 7.53. The van der Waals surface area contributed by atoms with Crippen molar-refractivity contribution in [2.24, 2.45) is 0 Å². The lowest BCUT2D eigenvalue weighted by atomic mass is 10.1. The molecule has 0 N–H and O–H groups in total. The van der Waals surface area contributed by atoms with Gasteiger partial charge in [0.05, 0.1) is 0 Å². The van der Waals surface area contributed by atoms with Crippen LogP contribution in [0.3, 0.4) is 0 Å². The first kappa shape index (κ1) is 16.4. The lowest BCUT2D eigenvalue weighted by Gasteiger charge is -2.37. The van der Waals surface area contributed by atoms with Crippen LogP contribution in [0.25, 0.3) is 0 Å². The van der Waals surface area contributed by atoms with E-state index in [1.807, 2.05) is 13.2 Å². The molecule has 1 heterocycles. The van der Waals surface area contributed by atoms with E-state index in [1.165, 1.54) is 5.57 Å². The average molecular weight is 282 g/mol. The molecule has 1 rings (SSSR count). The predicted octanol–water partition coefficient (Wildman–Crippen LogP) is 5.38. The van der Waals surface area contributed by atoms with Gasteiger partial charge in [-0.3, -0.25) is 0 Å². The molecule has 0 unspecified atom stereocenters. The van der Waals surface area contributed by atoms with E-state index in [1.54, 1.807) is 0 Å². The van der Waals surface area contributed by atoms with E-state index in [2.05, 4.69) is 53.8 Å². The number of allylic oxidation sites excluding steroid dienone is 2. The molecule has 0 saturated heterocycles. The third kappa shape index (κ3) is 3.88. The molecule has 0 bridgehead atoms. The molecule has 1 aliphatic heterocycles. The summed E-state index contributed by atoms with van der Waals surface area (Å²) in [4.78, 5) is 0. The Hall–Kier alpha value is -0.703. The minimum absolute atomic E-state index is 0.271. The fraction of sp³-hybridized carbons (Fsp3) is 0.750. The maximum absolute atomic E-state index is 6.19. The standard InChI is InChI=1S/C16H30O2Si/c1-13(2)10-9-11-16(6)17-12-14(18-16)19(7,8)15(3,4)5/h10,12H,9,11H2,1-8H3/t16-/m0/s1. The summed E-state index contributed by atoms with van der Waals surface area (Å²) in [5.74, 6) is -0.475. The van der Waals surface area contributed by atoms with Crippen LogP contribution in [0.15, 0.2) is 23.3 Å². The van der Waals surface area contributed by atoms with Gasteiger partial charge in [0.25, 0.3) is 0 Å². The molecule has 110 valence electrons. The highest BCUT2D eigenvalue weighted by atomic mass is 28.3. The average Bonchev–Trinajstić information content (AvgIpc) is 2.59. The molecule has 0 radical (unpaired) electrons. The molecule has 0 spiro atoms. The molecule has 1 aliphatic rings. The van der Waals surface area contributed by atoms with Gasteiger partial charge in [-0.1, -0.05) is 45.5 Å². The van der Waals surface area contributed by atoms with Crippen molar-refractivity contribution in [2.45, 2.75) is 78.3 Å². The van der Waals surface area contributed by atoms with Crippen LogP contribution in [-0.4, -0.2) is 13.9 Å². The zero-order valence-corrected chi connectivity index (χ0v) is 14.9. The van der Waals surface area contributed by atoms with E-state index in [0.29, 0.717) is 0 Å². The smallest absolute Gasteiger partial charge is 0.247 e. The molecular formula is C16H30O2Si. The quantitative estimate of drug-likeness (QED) is 0.509. The Kier molecular flexibility index (Phi) is 4.61. The van der Waals surface area contributed by atoms with Crippen LogP contribution in [0, 0.1) is 0 Å². The topological polar surface area (TPSA) is 18.5 Å². The normalized spacial score (nSPS) is 23.5. The first-order valence-corrected chi connectivity index (χ1v) is 10.2. The highest BCUT2D eigenvalue weighted by Gasteiger charge is 2.46. The molecule has 3 heteroatoms. The van der Waals surface area contributed by atoms with E-state index in [4.69, 9.17) is 9.47 Å². The van der Waals surface area contributed by atoms with Crippen LogP contribution in [0.2, 0.25) is 18.1 Å². The van der Waals surface area contributed by atoms with Crippen molar-refractivity contribution in [3.05, 3.63) is 23.3 Å². The Morgan fingerprint density at radius 1 is 1.32 bits per heavy atom. The molecule has 0 aliphatic carbocycles.